The highest BCUT2D eigenvalue weighted by Gasteiger charge is 2.11. The number of nitrogens with two attached hydrogens (primary N) is 1. The molecular formula is C13H28N2O2. The Morgan fingerprint density at radius 1 is 1.35 bits per heavy atom. The maximum absolute atomic E-state index is 9.37. The Kier molecular flexibility index (Phi) is 13.8. The van der Waals surface area contributed by atoms with Crippen LogP contribution in [-0.2, 0) is 4.74 Å². The van der Waals surface area contributed by atoms with Crippen molar-refractivity contribution >= 4 is 6.09 Å². The molecule has 0 saturated carbocycles. The lowest BCUT2D eigenvalue weighted by Crippen LogP contribution is -2.17. The van der Waals surface area contributed by atoms with Crippen LogP contribution >= 0.6 is 0 Å². The summed E-state index contributed by atoms with van der Waals surface area (Å²) in [6, 6.07) is 0. The van der Waals surface area contributed by atoms with E-state index in [0.717, 1.165) is 0 Å². The molecule has 4 nitrogen and oxygen atoms in total. The van der Waals surface area contributed by atoms with Crippen molar-refractivity contribution in [2.24, 2.45) is 5.73 Å². The van der Waals surface area contributed by atoms with Crippen LogP contribution in [0.25, 0.3) is 0 Å². The normalized spacial score (nSPS) is 12.8. The third-order valence-electron chi connectivity index (χ3n) is 2.29. The van der Waals surface area contributed by atoms with Gasteiger partial charge in [0.05, 0.1) is 7.11 Å². The highest BCUT2D eigenvalue weighted by atomic mass is 16.5. The van der Waals surface area contributed by atoms with E-state index in [-0.39, 0.29) is 0 Å². The zero-order valence-electron chi connectivity index (χ0n) is 11.8. The number of hydrogen-bond donors (Lipinski definition) is 1. The van der Waals surface area contributed by atoms with Crippen LogP contribution in [0.5, 0.6) is 0 Å². The molecule has 0 unspecified atom stereocenters. The van der Waals surface area contributed by atoms with Crippen LogP contribution in [0.3, 0.4) is 0 Å². The van der Waals surface area contributed by atoms with E-state index in [2.05, 4.69) is 28.9 Å². The molecule has 0 aliphatic carbocycles. The van der Waals surface area contributed by atoms with Gasteiger partial charge in [0.1, 0.15) is 0 Å². The molecule has 0 spiro atoms. The largest absolute Gasteiger partial charge is 0.453 e. The van der Waals surface area contributed by atoms with Gasteiger partial charge in [0, 0.05) is 18.8 Å². The smallest absolute Gasteiger partial charge is 0.404 e. The van der Waals surface area contributed by atoms with E-state index in [1.165, 1.54) is 51.6 Å². The fourth-order valence-corrected chi connectivity index (χ4v) is 1.48. The van der Waals surface area contributed by atoms with E-state index in [1.807, 2.05) is 13.8 Å². The van der Waals surface area contributed by atoms with Crippen LogP contribution in [-0.4, -0.2) is 31.2 Å². The van der Waals surface area contributed by atoms with E-state index in [1.54, 1.807) is 0 Å². The summed E-state index contributed by atoms with van der Waals surface area (Å²) >= 11 is 0. The second kappa shape index (κ2) is 12.9. The Morgan fingerprint density at radius 3 is 2.06 bits per heavy atom. The van der Waals surface area contributed by atoms with Crippen LogP contribution in [0.4, 0.5) is 4.79 Å². The van der Waals surface area contributed by atoms with E-state index in [0.29, 0.717) is 0 Å². The standard InChI is InChI=1S/C9H17N.C2H5NO2.C2H6/c1-3-6-9(2)10-7-4-5-8-10;1-5-2(3)4;1-2/h2-8H2,1H3;1H3,(H2,3,4);1-2H3. The van der Waals surface area contributed by atoms with Crippen molar-refractivity contribution in [3.8, 4) is 0 Å². The van der Waals surface area contributed by atoms with Gasteiger partial charge in [-0.1, -0.05) is 33.8 Å². The van der Waals surface area contributed by atoms with Gasteiger partial charge in [-0.15, -0.1) is 0 Å². The first kappa shape index (κ1) is 18.2. The molecule has 2 N–H and O–H groups in total. The van der Waals surface area contributed by atoms with Crippen molar-refractivity contribution < 1.29 is 9.53 Å². The molecule has 1 saturated heterocycles. The third kappa shape index (κ3) is 11.1. The van der Waals surface area contributed by atoms with Crippen molar-refractivity contribution in [1.82, 2.24) is 4.90 Å². The molecule has 0 aromatic carbocycles. The van der Waals surface area contributed by atoms with E-state index < -0.39 is 6.09 Å². The van der Waals surface area contributed by atoms with Crippen molar-refractivity contribution in [2.75, 3.05) is 20.2 Å². The van der Waals surface area contributed by atoms with Gasteiger partial charge in [0.25, 0.3) is 0 Å². The fraction of sp³-hybridized carbons (Fsp3) is 0.769. The molecule has 1 heterocycles. The molecule has 0 bridgehead atoms. The molecule has 17 heavy (non-hydrogen) atoms. The number of amides is 1. The number of nitrogens with zero attached hydrogens (tertiary/aromatic N) is 1. The second-order valence-corrected chi connectivity index (χ2v) is 3.53. The van der Waals surface area contributed by atoms with Crippen LogP contribution in [0, 0.1) is 0 Å². The Bertz CT molecular complexity index is 200. The van der Waals surface area contributed by atoms with Gasteiger partial charge in [0.2, 0.25) is 0 Å². The topological polar surface area (TPSA) is 55.6 Å². The predicted molar refractivity (Wildman–Crippen MR) is 72.8 cm³/mol. The number of allylic oxidation sites excluding steroid dienone is 1. The molecule has 1 amide bonds. The summed E-state index contributed by atoms with van der Waals surface area (Å²) in [5.74, 6) is 0. The van der Waals surface area contributed by atoms with Crippen LogP contribution in [0.15, 0.2) is 12.3 Å². The summed E-state index contributed by atoms with van der Waals surface area (Å²) < 4.78 is 3.89. The van der Waals surface area contributed by atoms with Crippen molar-refractivity contribution in [2.45, 2.75) is 46.5 Å². The van der Waals surface area contributed by atoms with Gasteiger partial charge in [-0.2, -0.15) is 0 Å². The zero-order valence-corrected chi connectivity index (χ0v) is 11.8. The Balaban J connectivity index is 0. The summed E-state index contributed by atoms with van der Waals surface area (Å²) in [5.41, 5.74) is 5.78. The average molecular weight is 244 g/mol. The Labute approximate surface area is 106 Å². The maximum atomic E-state index is 9.37. The molecule has 4 heteroatoms. The first-order chi connectivity index (χ1) is 8.11. The molecule has 1 aliphatic heterocycles. The molecule has 102 valence electrons. The number of likely N-dealkylation sites (tertiary alicyclic amines) is 1. The summed E-state index contributed by atoms with van der Waals surface area (Å²) in [5, 5.41) is 0. The first-order valence-electron chi connectivity index (χ1n) is 6.38. The maximum Gasteiger partial charge on any atom is 0.404 e. The molecule has 0 atom stereocenters. The number of carbonyl (C=O) groups is 1. The van der Waals surface area contributed by atoms with Crippen molar-refractivity contribution in [3.05, 3.63) is 12.3 Å². The number of carbonyl (C=O) groups excluding carboxylic acids is 1. The predicted octanol–water partition coefficient (Wildman–Crippen LogP) is 3.13. The highest BCUT2D eigenvalue weighted by Crippen LogP contribution is 2.16. The SMILES string of the molecule is C=C(CCC)N1CCCC1.CC.COC(N)=O. The first-order valence-corrected chi connectivity index (χ1v) is 6.38. The number of methoxy groups -OCH3 is 1. The lowest BCUT2D eigenvalue weighted by Gasteiger charge is -2.19. The number of hydrogen-bond acceptors (Lipinski definition) is 3. The minimum Gasteiger partial charge on any atom is -0.453 e. The number of rotatable bonds is 3. The monoisotopic (exact) mass is 244 g/mol. The van der Waals surface area contributed by atoms with Gasteiger partial charge >= 0.3 is 6.09 Å². The second-order valence-electron chi connectivity index (χ2n) is 3.53. The fourth-order valence-electron chi connectivity index (χ4n) is 1.48. The summed E-state index contributed by atoms with van der Waals surface area (Å²) in [7, 11) is 1.22. The molecule has 1 fully saturated rings. The number of ether oxygens (including phenoxy) is 1. The molecule has 1 aliphatic rings. The third-order valence-corrected chi connectivity index (χ3v) is 2.29. The molecule has 0 aromatic rings. The quantitative estimate of drug-likeness (QED) is 0.829. The zero-order chi connectivity index (χ0) is 13.7. The van der Waals surface area contributed by atoms with Gasteiger partial charge < -0.3 is 15.4 Å². The van der Waals surface area contributed by atoms with Gasteiger partial charge in [-0.25, -0.2) is 4.79 Å². The summed E-state index contributed by atoms with van der Waals surface area (Å²) in [6.07, 6.45) is 4.39. The Hall–Kier alpha value is -1.19. The van der Waals surface area contributed by atoms with E-state index in [9.17, 15) is 4.79 Å². The highest BCUT2D eigenvalue weighted by molar-refractivity contribution is 5.64. The Morgan fingerprint density at radius 2 is 1.76 bits per heavy atom. The van der Waals surface area contributed by atoms with Gasteiger partial charge in [-0.05, 0) is 19.3 Å². The average Bonchev–Trinajstić information content (AvgIpc) is 2.86. The molecule has 0 radical (unpaired) electrons. The van der Waals surface area contributed by atoms with Gasteiger partial charge in [-0.3, -0.25) is 0 Å². The van der Waals surface area contributed by atoms with Gasteiger partial charge in [0.15, 0.2) is 0 Å². The lowest BCUT2D eigenvalue weighted by atomic mass is 10.2. The minimum atomic E-state index is -0.745. The van der Waals surface area contributed by atoms with Crippen molar-refractivity contribution in [1.29, 1.82) is 0 Å². The summed E-state index contributed by atoms with van der Waals surface area (Å²) in [6.45, 7) is 12.8. The lowest BCUT2D eigenvalue weighted by molar-refractivity contribution is 0.182. The molecule has 0 aromatic heterocycles. The van der Waals surface area contributed by atoms with Crippen LogP contribution in [0.1, 0.15) is 46.5 Å². The molecule has 1 rings (SSSR count). The summed E-state index contributed by atoms with van der Waals surface area (Å²) in [4.78, 5) is 11.8. The van der Waals surface area contributed by atoms with Crippen LogP contribution < -0.4 is 5.73 Å². The van der Waals surface area contributed by atoms with E-state index in [4.69, 9.17) is 0 Å². The number of primary amides is 1. The minimum absolute atomic E-state index is 0.745. The molecular weight excluding hydrogens is 216 g/mol. The van der Waals surface area contributed by atoms with Crippen molar-refractivity contribution in [3.63, 3.8) is 0 Å². The van der Waals surface area contributed by atoms with Crippen LogP contribution in [0.2, 0.25) is 0 Å². The van der Waals surface area contributed by atoms with E-state index >= 15 is 0 Å².